The maximum atomic E-state index is 14.5. The Morgan fingerprint density at radius 3 is 1.76 bits per heavy atom. The van der Waals surface area contributed by atoms with E-state index in [9.17, 15) is 19.2 Å². The first-order valence-electron chi connectivity index (χ1n) is 14.8. The zero-order valence-corrected chi connectivity index (χ0v) is 22.7. The lowest BCUT2D eigenvalue weighted by Crippen LogP contribution is -2.55. The van der Waals surface area contributed by atoms with Crippen molar-refractivity contribution in [2.24, 2.45) is 40.6 Å². The molecule has 1 saturated carbocycles. The number of nitrogens with zero attached hydrogens (tertiary/aromatic N) is 3. The average molecular weight is 554 g/mol. The second kappa shape index (κ2) is 8.22. The molecule has 2 heterocycles. The summed E-state index contributed by atoms with van der Waals surface area (Å²) in [6, 6.07) is 24.9. The van der Waals surface area contributed by atoms with Gasteiger partial charge in [-0.05, 0) is 59.1 Å². The van der Waals surface area contributed by atoms with E-state index in [4.69, 9.17) is 5.10 Å². The van der Waals surface area contributed by atoms with Gasteiger partial charge in [-0.2, -0.15) is 10.1 Å². The van der Waals surface area contributed by atoms with Crippen LogP contribution in [0, 0.1) is 35.5 Å². The molecule has 0 unspecified atom stereocenters. The summed E-state index contributed by atoms with van der Waals surface area (Å²) in [5.41, 5.74) is 3.17. The number of allylic oxidation sites excluding steroid dienone is 2. The van der Waals surface area contributed by atoms with Crippen molar-refractivity contribution in [2.45, 2.75) is 24.2 Å². The van der Waals surface area contributed by atoms with Crippen molar-refractivity contribution in [2.75, 3.05) is 4.90 Å². The molecule has 7 heteroatoms. The first-order chi connectivity index (χ1) is 20.5. The van der Waals surface area contributed by atoms with Crippen molar-refractivity contribution in [1.29, 1.82) is 0 Å². The minimum Gasteiger partial charge on any atom is -0.274 e. The molecule has 42 heavy (non-hydrogen) atoms. The molecule has 4 bridgehead atoms. The number of fused-ring (bicyclic) bond motifs is 1. The summed E-state index contributed by atoms with van der Waals surface area (Å²) in [6.45, 7) is 0. The van der Waals surface area contributed by atoms with E-state index in [1.165, 1.54) is 4.90 Å². The van der Waals surface area contributed by atoms with Gasteiger partial charge in [0.15, 0.2) is 0 Å². The summed E-state index contributed by atoms with van der Waals surface area (Å²) in [6.07, 6.45) is 7.64. The van der Waals surface area contributed by atoms with Crippen LogP contribution >= 0.6 is 0 Å². The predicted octanol–water partition coefficient (Wildman–Crippen LogP) is 4.42. The third-order valence-electron chi connectivity index (χ3n) is 10.8. The van der Waals surface area contributed by atoms with Crippen LogP contribution in [-0.2, 0) is 24.6 Å². The van der Waals surface area contributed by atoms with E-state index in [0.717, 1.165) is 40.1 Å². The Bertz CT molecular complexity index is 1710. The van der Waals surface area contributed by atoms with Crippen molar-refractivity contribution in [3.63, 3.8) is 0 Å². The quantitative estimate of drug-likeness (QED) is 0.273. The summed E-state index contributed by atoms with van der Waals surface area (Å²) >= 11 is 0. The van der Waals surface area contributed by atoms with Gasteiger partial charge in [0.2, 0.25) is 11.8 Å². The highest BCUT2D eigenvalue weighted by Gasteiger charge is 2.68. The maximum absolute atomic E-state index is 14.5. The lowest BCUT2D eigenvalue weighted by molar-refractivity contribution is -0.140. The Balaban J connectivity index is 1.24. The van der Waals surface area contributed by atoms with Crippen molar-refractivity contribution in [1.82, 2.24) is 5.01 Å². The standard InChI is InChI=1S/C35H27N3O4/c39-31-29-28-22-10-4-6-12-24(22)35(25-13-7-5-11-23(25)28,30(29)34(42)37(31)21-8-2-1-3-9-21)18-36-38-32(40)26-19-14-15-20(17-16-19)27(26)33(38)41/h1-15,18-20,26-30H,16-17H2/b36-18-/t19-,20-,26-,27+,28?,29-,30+,35?/m0/s1. The van der Waals surface area contributed by atoms with Crippen molar-refractivity contribution in [3.05, 3.63) is 113 Å². The van der Waals surface area contributed by atoms with E-state index >= 15 is 0 Å². The van der Waals surface area contributed by atoms with Crippen LogP contribution in [0.2, 0.25) is 0 Å². The number of para-hydroxylation sites is 1. The Labute approximate surface area is 242 Å². The van der Waals surface area contributed by atoms with Crippen LogP contribution in [0.5, 0.6) is 0 Å². The zero-order chi connectivity index (χ0) is 28.3. The number of benzene rings is 3. The maximum Gasteiger partial charge on any atom is 0.254 e. The molecule has 6 atom stereocenters. The number of imide groups is 2. The Morgan fingerprint density at radius 2 is 1.19 bits per heavy atom. The van der Waals surface area contributed by atoms with E-state index in [0.29, 0.717) is 5.69 Å². The molecule has 4 amide bonds. The Kier molecular flexibility index (Phi) is 4.69. The van der Waals surface area contributed by atoms with Gasteiger partial charge < -0.3 is 0 Å². The van der Waals surface area contributed by atoms with Crippen molar-refractivity contribution < 1.29 is 19.2 Å². The second-order valence-corrected chi connectivity index (χ2v) is 12.4. The smallest absolute Gasteiger partial charge is 0.254 e. The molecular formula is C35H27N3O4. The van der Waals surface area contributed by atoms with Crippen LogP contribution in [0.25, 0.3) is 0 Å². The van der Waals surface area contributed by atoms with Crippen LogP contribution in [0.3, 0.4) is 0 Å². The lowest BCUT2D eigenvalue weighted by Gasteiger charge is -2.52. The molecule has 0 N–H and O–H groups in total. The fraction of sp³-hybridized carbons (Fsp3) is 0.286. The number of hydrogen-bond donors (Lipinski definition) is 0. The third kappa shape index (κ3) is 2.74. The number of carbonyl (C=O) groups excluding carboxylic acids is 4. The third-order valence-corrected chi connectivity index (χ3v) is 10.8. The van der Waals surface area contributed by atoms with Crippen LogP contribution in [0.4, 0.5) is 5.69 Å². The molecule has 8 aliphatic rings. The molecule has 3 aromatic carbocycles. The number of amides is 4. The fourth-order valence-corrected chi connectivity index (χ4v) is 9.20. The van der Waals surface area contributed by atoms with Gasteiger partial charge in [0, 0.05) is 12.1 Å². The van der Waals surface area contributed by atoms with Gasteiger partial charge in [0.05, 0.1) is 34.8 Å². The normalized spacial score (nSPS) is 35.2. The number of rotatable bonds is 3. The van der Waals surface area contributed by atoms with Gasteiger partial charge in [0.25, 0.3) is 11.8 Å². The molecular weight excluding hydrogens is 526 g/mol. The summed E-state index contributed by atoms with van der Waals surface area (Å²) in [5, 5.41) is 5.78. The fourth-order valence-electron chi connectivity index (χ4n) is 9.20. The van der Waals surface area contributed by atoms with Gasteiger partial charge >= 0.3 is 0 Å². The largest absolute Gasteiger partial charge is 0.274 e. The first-order valence-corrected chi connectivity index (χ1v) is 14.8. The Hall–Kier alpha value is -4.65. The molecule has 0 spiro atoms. The molecule has 0 aromatic heterocycles. The number of anilines is 1. The van der Waals surface area contributed by atoms with Gasteiger partial charge in [0.1, 0.15) is 0 Å². The predicted molar refractivity (Wildman–Crippen MR) is 154 cm³/mol. The first kappa shape index (κ1) is 24.0. The number of hydrogen-bond acceptors (Lipinski definition) is 5. The van der Waals surface area contributed by atoms with E-state index in [2.05, 4.69) is 12.2 Å². The zero-order valence-electron chi connectivity index (χ0n) is 22.7. The minimum atomic E-state index is -1.13. The summed E-state index contributed by atoms with van der Waals surface area (Å²) in [4.78, 5) is 57.5. The van der Waals surface area contributed by atoms with E-state index < -0.39 is 17.3 Å². The van der Waals surface area contributed by atoms with Crippen molar-refractivity contribution >= 4 is 35.5 Å². The summed E-state index contributed by atoms with van der Waals surface area (Å²) in [5.74, 6) is -3.39. The van der Waals surface area contributed by atoms with Gasteiger partial charge in [-0.1, -0.05) is 78.9 Å². The second-order valence-electron chi connectivity index (χ2n) is 12.4. The Morgan fingerprint density at radius 1 is 0.643 bits per heavy atom. The number of hydrazone groups is 1. The molecule has 6 aliphatic carbocycles. The van der Waals surface area contributed by atoms with Crippen LogP contribution in [0.1, 0.15) is 41.0 Å². The van der Waals surface area contributed by atoms with E-state index in [1.807, 2.05) is 66.7 Å². The average Bonchev–Trinajstić information content (AvgIpc) is 3.47. The topological polar surface area (TPSA) is 87.1 Å². The molecule has 2 saturated heterocycles. The monoisotopic (exact) mass is 553 g/mol. The highest BCUT2D eigenvalue weighted by atomic mass is 16.2. The van der Waals surface area contributed by atoms with Gasteiger partial charge in [-0.15, -0.1) is 0 Å². The highest BCUT2D eigenvalue weighted by Crippen LogP contribution is 2.64. The summed E-state index contributed by atoms with van der Waals surface area (Å²) in [7, 11) is 0. The van der Waals surface area contributed by atoms with Crippen LogP contribution < -0.4 is 4.90 Å². The van der Waals surface area contributed by atoms with Crippen molar-refractivity contribution in [3.8, 4) is 0 Å². The molecule has 206 valence electrons. The van der Waals surface area contributed by atoms with Gasteiger partial charge in [-0.3, -0.25) is 19.2 Å². The van der Waals surface area contributed by atoms with Crippen LogP contribution in [-0.4, -0.2) is 34.9 Å². The molecule has 7 nitrogen and oxygen atoms in total. The molecule has 11 rings (SSSR count). The molecule has 3 fully saturated rings. The molecule has 0 radical (unpaired) electrons. The van der Waals surface area contributed by atoms with Crippen LogP contribution in [0.15, 0.2) is 96.1 Å². The highest BCUT2D eigenvalue weighted by molar-refractivity contribution is 6.25. The van der Waals surface area contributed by atoms with E-state index in [-0.39, 0.29) is 53.2 Å². The molecule has 3 aromatic rings. The number of carbonyl (C=O) groups is 4. The lowest BCUT2D eigenvalue weighted by atomic mass is 9.47. The van der Waals surface area contributed by atoms with Gasteiger partial charge in [-0.25, -0.2) is 4.90 Å². The summed E-state index contributed by atoms with van der Waals surface area (Å²) < 4.78 is 0. The van der Waals surface area contributed by atoms with E-state index in [1.54, 1.807) is 18.3 Å². The molecule has 2 aliphatic heterocycles. The minimum absolute atomic E-state index is 0.0548. The SMILES string of the molecule is O=C1[C@@H]2[C@H](C(=O)N1/N=C\C13c4ccccc4C(c4ccccc41)[C@@H]1C(=O)N(c4ccccc4)C(=O)[C@@H]13)[C@H]1C=C[C@H]2CC1.